The van der Waals surface area contributed by atoms with Gasteiger partial charge >= 0.3 is 0 Å². The fourth-order valence-corrected chi connectivity index (χ4v) is 1.01. The van der Waals surface area contributed by atoms with Crippen LogP contribution in [0.25, 0.3) is 0 Å². The molecule has 0 fully saturated rings. The maximum absolute atomic E-state index is 5.72. The maximum Gasteiger partial charge on any atom is 0.134 e. The first-order chi connectivity index (χ1) is 4.61. The minimum atomic E-state index is 0.369. The summed E-state index contributed by atoms with van der Waals surface area (Å²) in [5.74, 6) is 0.553. The van der Waals surface area contributed by atoms with Crippen molar-refractivity contribution in [2.24, 2.45) is 4.99 Å². The highest BCUT2D eigenvalue weighted by atomic mass is 35.5. The minimum absolute atomic E-state index is 0.369. The Labute approximate surface area is 69.4 Å². The lowest BCUT2D eigenvalue weighted by Gasteiger charge is -2.20. The van der Waals surface area contributed by atoms with Crippen molar-refractivity contribution >= 4 is 28.4 Å². The lowest BCUT2D eigenvalue weighted by molar-refractivity contribution is 0.545. The number of halogens is 2. The van der Waals surface area contributed by atoms with E-state index in [0.29, 0.717) is 16.1 Å². The van der Waals surface area contributed by atoms with Crippen molar-refractivity contribution in [3.05, 3.63) is 23.6 Å². The van der Waals surface area contributed by atoms with Gasteiger partial charge in [-0.25, -0.2) is 4.99 Å². The van der Waals surface area contributed by atoms with Gasteiger partial charge in [-0.15, -0.1) is 0 Å². The fourth-order valence-electron chi connectivity index (χ4n) is 0.549. The summed E-state index contributed by atoms with van der Waals surface area (Å²) in [7, 11) is 1.77. The third-order valence-electron chi connectivity index (χ3n) is 1.18. The zero-order valence-electron chi connectivity index (χ0n) is 5.43. The van der Waals surface area contributed by atoms with Gasteiger partial charge < -0.3 is 4.90 Å². The molecule has 1 rings (SSSR count). The van der Waals surface area contributed by atoms with Gasteiger partial charge in [-0.05, 0) is 0 Å². The molecule has 0 atom stereocenters. The van der Waals surface area contributed by atoms with Crippen LogP contribution >= 0.6 is 23.2 Å². The van der Waals surface area contributed by atoms with E-state index >= 15 is 0 Å². The van der Waals surface area contributed by atoms with Gasteiger partial charge in [0.1, 0.15) is 16.1 Å². The zero-order valence-corrected chi connectivity index (χ0v) is 6.95. The average Bonchev–Trinajstić information content (AvgIpc) is 1.82. The van der Waals surface area contributed by atoms with E-state index in [1.165, 1.54) is 0 Å². The van der Waals surface area contributed by atoms with Crippen molar-refractivity contribution in [2.75, 3.05) is 7.05 Å². The van der Waals surface area contributed by atoms with Crippen molar-refractivity contribution in [2.45, 2.75) is 0 Å². The molecule has 0 aliphatic carbocycles. The Kier molecular flexibility index (Phi) is 2.02. The first-order valence-corrected chi connectivity index (χ1v) is 3.41. The van der Waals surface area contributed by atoms with Crippen molar-refractivity contribution < 1.29 is 0 Å². The first-order valence-electron chi connectivity index (χ1n) is 2.65. The SMILES string of the molecule is C=C1N=C(Cl)C=C(Cl)N1C. The molecule has 0 saturated carbocycles. The van der Waals surface area contributed by atoms with Gasteiger partial charge in [-0.1, -0.05) is 29.8 Å². The third-order valence-corrected chi connectivity index (χ3v) is 1.74. The van der Waals surface area contributed by atoms with E-state index < -0.39 is 0 Å². The molecule has 0 bridgehead atoms. The number of hydrogen-bond donors (Lipinski definition) is 0. The molecule has 0 aromatic heterocycles. The predicted molar refractivity (Wildman–Crippen MR) is 44.1 cm³/mol. The summed E-state index contributed by atoms with van der Waals surface area (Å²) in [4.78, 5) is 5.51. The summed E-state index contributed by atoms with van der Waals surface area (Å²) in [6.07, 6.45) is 1.57. The monoisotopic (exact) mass is 176 g/mol. The van der Waals surface area contributed by atoms with Crippen LogP contribution in [-0.2, 0) is 0 Å². The lowest BCUT2D eigenvalue weighted by atomic mass is 10.5. The van der Waals surface area contributed by atoms with Crippen molar-refractivity contribution in [3.8, 4) is 0 Å². The van der Waals surface area contributed by atoms with Crippen molar-refractivity contribution in [1.29, 1.82) is 0 Å². The maximum atomic E-state index is 5.72. The van der Waals surface area contributed by atoms with Gasteiger partial charge in [0, 0.05) is 13.1 Å². The molecule has 1 aliphatic rings. The molecule has 0 saturated heterocycles. The van der Waals surface area contributed by atoms with E-state index in [1.54, 1.807) is 18.0 Å². The molecule has 54 valence electrons. The van der Waals surface area contributed by atoms with Gasteiger partial charge in [-0.2, -0.15) is 0 Å². The van der Waals surface area contributed by atoms with Crippen molar-refractivity contribution in [1.82, 2.24) is 4.90 Å². The molecule has 0 spiro atoms. The molecule has 0 aromatic carbocycles. The van der Waals surface area contributed by atoms with Crippen LogP contribution in [0.4, 0.5) is 0 Å². The first kappa shape index (κ1) is 7.63. The van der Waals surface area contributed by atoms with Gasteiger partial charge in [-0.3, -0.25) is 0 Å². The number of hydrogen-bond acceptors (Lipinski definition) is 2. The topological polar surface area (TPSA) is 15.6 Å². The second kappa shape index (κ2) is 2.64. The van der Waals surface area contributed by atoms with E-state index in [2.05, 4.69) is 11.6 Å². The molecule has 10 heavy (non-hydrogen) atoms. The van der Waals surface area contributed by atoms with Crippen LogP contribution in [0.2, 0.25) is 0 Å². The largest absolute Gasteiger partial charge is 0.320 e. The summed E-state index contributed by atoms with van der Waals surface area (Å²) >= 11 is 11.3. The highest BCUT2D eigenvalue weighted by Crippen LogP contribution is 2.19. The van der Waals surface area contributed by atoms with E-state index in [-0.39, 0.29) is 0 Å². The highest BCUT2D eigenvalue weighted by Gasteiger charge is 2.10. The molecule has 0 radical (unpaired) electrons. The Hall–Kier alpha value is -0.470. The molecule has 0 amide bonds. The molecule has 2 nitrogen and oxygen atoms in total. The van der Waals surface area contributed by atoms with E-state index in [4.69, 9.17) is 23.2 Å². The van der Waals surface area contributed by atoms with Crippen LogP contribution < -0.4 is 0 Å². The van der Waals surface area contributed by atoms with Crippen LogP contribution in [0, 0.1) is 0 Å². The summed E-state index contributed by atoms with van der Waals surface area (Å²) < 4.78 is 0. The average molecular weight is 177 g/mol. The smallest absolute Gasteiger partial charge is 0.134 e. The van der Waals surface area contributed by atoms with Crippen LogP contribution in [0.1, 0.15) is 0 Å². The number of rotatable bonds is 0. The number of nitrogens with zero attached hydrogens (tertiary/aromatic N) is 2. The van der Waals surface area contributed by atoms with Crippen LogP contribution in [0.3, 0.4) is 0 Å². The Morgan fingerprint density at radius 3 is 2.70 bits per heavy atom. The molecule has 0 N–H and O–H groups in total. The third kappa shape index (κ3) is 1.33. The van der Waals surface area contributed by atoms with E-state index in [1.807, 2.05) is 0 Å². The Morgan fingerprint density at radius 2 is 2.20 bits per heavy atom. The highest BCUT2D eigenvalue weighted by molar-refractivity contribution is 6.69. The Morgan fingerprint density at radius 1 is 1.60 bits per heavy atom. The quantitative estimate of drug-likeness (QED) is 0.517. The lowest BCUT2D eigenvalue weighted by Crippen LogP contribution is -2.16. The summed E-state index contributed by atoms with van der Waals surface area (Å²) in [5, 5.41) is 0.901. The normalized spacial score (nSPS) is 18.7. The zero-order chi connectivity index (χ0) is 7.72. The second-order valence-electron chi connectivity index (χ2n) is 1.88. The molecule has 0 aromatic rings. The predicted octanol–water partition coefficient (Wildman–Crippen LogP) is 2.12. The summed E-state index contributed by atoms with van der Waals surface area (Å²) in [6, 6.07) is 0. The van der Waals surface area contributed by atoms with Crippen LogP contribution in [-0.4, -0.2) is 17.1 Å². The number of allylic oxidation sites excluding steroid dienone is 1. The Bertz CT molecular complexity index is 230. The second-order valence-corrected chi connectivity index (χ2v) is 2.65. The number of aliphatic imine (C=N–C) groups is 1. The fraction of sp³-hybridized carbons (Fsp3) is 0.167. The molecule has 0 unspecified atom stereocenters. The van der Waals surface area contributed by atoms with Crippen molar-refractivity contribution in [3.63, 3.8) is 0 Å². The Balaban J connectivity index is 2.95. The van der Waals surface area contributed by atoms with E-state index in [9.17, 15) is 0 Å². The molecule has 1 aliphatic heterocycles. The van der Waals surface area contributed by atoms with Gasteiger partial charge in [0.15, 0.2) is 0 Å². The van der Waals surface area contributed by atoms with Gasteiger partial charge in [0.05, 0.1) is 0 Å². The molecule has 1 heterocycles. The summed E-state index contributed by atoms with van der Waals surface area (Å²) in [5.41, 5.74) is 0. The minimum Gasteiger partial charge on any atom is -0.320 e. The van der Waals surface area contributed by atoms with Crippen LogP contribution in [0.5, 0.6) is 0 Å². The van der Waals surface area contributed by atoms with Crippen LogP contribution in [0.15, 0.2) is 28.6 Å². The van der Waals surface area contributed by atoms with Gasteiger partial charge in [0.2, 0.25) is 0 Å². The van der Waals surface area contributed by atoms with E-state index in [0.717, 1.165) is 0 Å². The summed E-state index contributed by atoms with van der Waals surface area (Å²) in [6.45, 7) is 3.62. The van der Waals surface area contributed by atoms with Gasteiger partial charge in [0.25, 0.3) is 0 Å². The standard InChI is InChI=1S/C6H6Cl2N2/c1-4-9-5(7)3-6(8)10(4)2/h3H,1H2,2H3. The molecular weight excluding hydrogens is 171 g/mol. The molecular formula is C6H6Cl2N2. The molecule has 4 heteroatoms.